The minimum Gasteiger partial charge on any atom is -0.497 e. The molecule has 3 rings (SSSR count). The van der Waals surface area contributed by atoms with E-state index in [4.69, 9.17) is 4.74 Å². The Kier molecular flexibility index (Phi) is 5.35. The smallest absolute Gasteiger partial charge is 0.416 e. The number of imide groups is 2. The van der Waals surface area contributed by atoms with Gasteiger partial charge in [0.15, 0.2) is 5.92 Å². The van der Waals surface area contributed by atoms with Gasteiger partial charge in [-0.25, -0.2) is 9.69 Å². The third-order valence-corrected chi connectivity index (χ3v) is 4.06. The van der Waals surface area contributed by atoms with Crippen LogP contribution in [0.1, 0.15) is 5.56 Å². The van der Waals surface area contributed by atoms with Crippen molar-refractivity contribution in [1.82, 2.24) is 5.32 Å². The summed E-state index contributed by atoms with van der Waals surface area (Å²) in [5.41, 5.74) is -0.962. The lowest BCUT2D eigenvalue weighted by molar-refractivity contribution is -0.138. The van der Waals surface area contributed by atoms with Gasteiger partial charge in [-0.3, -0.25) is 19.9 Å². The van der Waals surface area contributed by atoms with Gasteiger partial charge in [0, 0.05) is 12.3 Å². The van der Waals surface area contributed by atoms with E-state index in [0.29, 0.717) is 22.4 Å². The molecule has 1 aliphatic heterocycles. The lowest BCUT2D eigenvalue weighted by Gasteiger charge is -2.28. The molecular weight excluding hydrogens is 391 g/mol. The summed E-state index contributed by atoms with van der Waals surface area (Å²) in [5, 5.41) is 1.96. The Bertz CT molecular complexity index is 1000. The van der Waals surface area contributed by atoms with Crippen LogP contribution in [0.3, 0.4) is 0 Å². The highest BCUT2D eigenvalue weighted by Gasteiger charge is 2.41. The topological polar surface area (TPSA) is 88.1 Å². The Labute approximate surface area is 162 Å². The van der Waals surface area contributed by atoms with Crippen molar-refractivity contribution < 1.29 is 32.3 Å². The lowest BCUT2D eigenvalue weighted by atomic mass is 10.1. The van der Waals surface area contributed by atoms with Crippen molar-refractivity contribution in [2.75, 3.05) is 12.0 Å². The molecule has 10 heteroatoms. The van der Waals surface area contributed by atoms with E-state index in [1.54, 1.807) is 24.3 Å². The number of halogens is 3. The van der Waals surface area contributed by atoms with E-state index in [2.05, 4.69) is 4.99 Å². The summed E-state index contributed by atoms with van der Waals surface area (Å²) in [6, 6.07) is 9.03. The maximum Gasteiger partial charge on any atom is 0.416 e. The van der Waals surface area contributed by atoms with Crippen LogP contribution in [0.5, 0.6) is 5.75 Å². The van der Waals surface area contributed by atoms with Crippen LogP contribution in [0.2, 0.25) is 0 Å². The van der Waals surface area contributed by atoms with Crippen molar-refractivity contribution in [3.63, 3.8) is 0 Å². The van der Waals surface area contributed by atoms with Crippen molar-refractivity contribution in [3.05, 3.63) is 54.1 Å². The minimum absolute atomic E-state index is 0.311. The first kappa shape index (κ1) is 20.1. The average molecular weight is 405 g/mol. The summed E-state index contributed by atoms with van der Waals surface area (Å²) in [6.45, 7) is 0. The zero-order valence-corrected chi connectivity index (χ0v) is 14.9. The zero-order valence-electron chi connectivity index (χ0n) is 14.9. The van der Waals surface area contributed by atoms with Crippen molar-refractivity contribution in [1.29, 1.82) is 0 Å². The normalized spacial score (nSPS) is 17.6. The van der Waals surface area contributed by atoms with Crippen LogP contribution >= 0.6 is 0 Å². The quantitative estimate of drug-likeness (QED) is 0.625. The van der Waals surface area contributed by atoms with Gasteiger partial charge in [-0.05, 0) is 30.3 Å². The van der Waals surface area contributed by atoms with Gasteiger partial charge in [-0.1, -0.05) is 12.1 Å². The molecular formula is C19H14F3N3O4. The molecule has 0 bridgehead atoms. The first-order valence-corrected chi connectivity index (χ1v) is 8.25. The number of hydrogen-bond acceptors (Lipinski definition) is 5. The van der Waals surface area contributed by atoms with Gasteiger partial charge < -0.3 is 4.74 Å². The van der Waals surface area contributed by atoms with Gasteiger partial charge in [-0.2, -0.15) is 13.2 Å². The predicted octanol–water partition coefficient (Wildman–Crippen LogP) is 3.32. The summed E-state index contributed by atoms with van der Waals surface area (Å²) in [6.07, 6.45) is -3.63. The number of amides is 4. The van der Waals surface area contributed by atoms with Crippen LogP contribution in [-0.4, -0.2) is 31.2 Å². The van der Waals surface area contributed by atoms with E-state index < -0.39 is 35.5 Å². The molecule has 2 aromatic carbocycles. The van der Waals surface area contributed by atoms with E-state index >= 15 is 0 Å². The van der Waals surface area contributed by atoms with Gasteiger partial charge >= 0.3 is 12.2 Å². The summed E-state index contributed by atoms with van der Waals surface area (Å²) in [4.78, 5) is 41.4. The highest BCUT2D eigenvalue weighted by molar-refractivity contribution is 6.32. The van der Waals surface area contributed by atoms with Crippen molar-refractivity contribution in [2.45, 2.75) is 6.18 Å². The van der Waals surface area contributed by atoms with Crippen LogP contribution in [0.25, 0.3) is 0 Å². The maximum absolute atomic E-state index is 12.9. The number of barbiturate groups is 1. The van der Waals surface area contributed by atoms with Gasteiger partial charge in [0.2, 0.25) is 5.91 Å². The molecule has 0 aromatic heterocycles. The number of carbonyl (C=O) groups excluding carboxylic acids is 3. The second-order valence-electron chi connectivity index (χ2n) is 5.97. The molecule has 1 saturated heterocycles. The molecule has 150 valence electrons. The molecule has 0 aliphatic carbocycles. The summed E-state index contributed by atoms with van der Waals surface area (Å²) in [7, 11) is 1.46. The van der Waals surface area contributed by atoms with Crippen LogP contribution < -0.4 is 15.0 Å². The number of methoxy groups -OCH3 is 1. The molecule has 4 amide bonds. The number of anilines is 1. The van der Waals surface area contributed by atoms with Crippen LogP contribution in [0, 0.1) is 5.92 Å². The molecule has 1 aliphatic rings. The first-order chi connectivity index (χ1) is 13.7. The van der Waals surface area contributed by atoms with Crippen LogP contribution in [-0.2, 0) is 15.8 Å². The number of rotatable bonds is 4. The SMILES string of the molecule is COc1cccc(N=C[C@H]2C(=O)NC(=O)N(c3cccc(C(F)(F)F)c3)C2=O)c1. The molecule has 1 fully saturated rings. The second kappa shape index (κ2) is 7.74. The summed E-state index contributed by atoms with van der Waals surface area (Å²) < 4.78 is 43.9. The Morgan fingerprint density at radius 2 is 1.83 bits per heavy atom. The Morgan fingerprint density at radius 3 is 2.52 bits per heavy atom. The lowest BCUT2D eigenvalue weighted by Crippen LogP contribution is -2.58. The van der Waals surface area contributed by atoms with Gasteiger partial charge in [0.05, 0.1) is 24.0 Å². The fraction of sp³-hybridized carbons (Fsp3) is 0.158. The van der Waals surface area contributed by atoms with Crippen LogP contribution in [0.4, 0.5) is 29.3 Å². The Morgan fingerprint density at radius 1 is 1.10 bits per heavy atom. The van der Waals surface area contributed by atoms with E-state index in [0.717, 1.165) is 18.3 Å². The van der Waals surface area contributed by atoms with E-state index in [-0.39, 0.29) is 5.69 Å². The Balaban J connectivity index is 1.91. The molecule has 1 atom stereocenters. The fourth-order valence-corrected chi connectivity index (χ4v) is 2.64. The molecule has 2 aromatic rings. The number of urea groups is 1. The number of aliphatic imine (C=N–C) groups is 1. The largest absolute Gasteiger partial charge is 0.497 e. The third-order valence-electron chi connectivity index (χ3n) is 4.06. The molecule has 29 heavy (non-hydrogen) atoms. The predicted molar refractivity (Wildman–Crippen MR) is 97.1 cm³/mol. The molecule has 0 saturated carbocycles. The number of benzene rings is 2. The van der Waals surface area contributed by atoms with Crippen molar-refractivity contribution in [3.8, 4) is 5.75 Å². The standard InChI is InChI=1S/C19H14F3N3O4/c1-29-14-7-3-5-12(9-14)23-10-15-16(26)24-18(28)25(17(15)27)13-6-2-4-11(8-13)19(20,21)22/h2-10,15H,1H3,(H,24,26,28)/t15-/m0/s1. The van der Waals surface area contributed by atoms with Crippen molar-refractivity contribution >= 4 is 35.4 Å². The van der Waals surface area contributed by atoms with E-state index in [1.165, 1.54) is 13.2 Å². The number of carbonyl (C=O) groups is 3. The Hall–Kier alpha value is -3.69. The van der Waals surface area contributed by atoms with Gasteiger partial charge in [0.1, 0.15) is 5.75 Å². The van der Waals surface area contributed by atoms with E-state index in [1.807, 2.05) is 5.32 Å². The molecule has 0 radical (unpaired) electrons. The molecule has 1 heterocycles. The average Bonchev–Trinajstić information content (AvgIpc) is 2.67. The monoisotopic (exact) mass is 405 g/mol. The molecule has 0 spiro atoms. The number of hydrogen-bond donors (Lipinski definition) is 1. The maximum atomic E-state index is 12.9. The number of nitrogens with one attached hydrogen (secondary N) is 1. The van der Waals surface area contributed by atoms with Gasteiger partial charge in [-0.15, -0.1) is 0 Å². The van der Waals surface area contributed by atoms with Crippen LogP contribution in [0.15, 0.2) is 53.5 Å². The minimum atomic E-state index is -4.66. The first-order valence-electron chi connectivity index (χ1n) is 8.25. The third kappa shape index (κ3) is 4.26. The number of ether oxygens (including phenoxy) is 1. The highest BCUT2D eigenvalue weighted by atomic mass is 19.4. The van der Waals surface area contributed by atoms with Gasteiger partial charge in [0.25, 0.3) is 5.91 Å². The van der Waals surface area contributed by atoms with Crippen molar-refractivity contribution in [2.24, 2.45) is 10.9 Å². The summed E-state index contributed by atoms with van der Waals surface area (Å²) in [5.74, 6) is -2.92. The molecule has 1 N–H and O–H groups in total. The van der Waals surface area contributed by atoms with E-state index in [9.17, 15) is 27.6 Å². The summed E-state index contributed by atoms with van der Waals surface area (Å²) >= 11 is 0. The highest BCUT2D eigenvalue weighted by Crippen LogP contribution is 2.32. The molecule has 7 nitrogen and oxygen atoms in total. The molecule has 0 unspecified atom stereocenters. The zero-order chi connectivity index (χ0) is 21.2. The number of alkyl halides is 3. The number of nitrogens with zero attached hydrogens (tertiary/aromatic N) is 2. The second-order valence-corrected chi connectivity index (χ2v) is 5.97. The fourth-order valence-electron chi connectivity index (χ4n) is 2.64.